The predicted octanol–water partition coefficient (Wildman–Crippen LogP) is 1.81. The van der Waals surface area contributed by atoms with Gasteiger partial charge in [-0.05, 0) is 0 Å². The van der Waals surface area contributed by atoms with Crippen LogP contribution in [0.1, 0.15) is 18.2 Å². The summed E-state index contributed by atoms with van der Waals surface area (Å²) < 4.78 is 3.37. The maximum atomic E-state index is 9.84. The monoisotopic (exact) mass is 564 g/mol. The van der Waals surface area contributed by atoms with Crippen molar-refractivity contribution in [3.63, 3.8) is 0 Å². The number of rotatable bonds is 5. The molecule has 3 unspecified atom stereocenters. The first-order valence-corrected chi connectivity index (χ1v) is 13.6. The van der Waals surface area contributed by atoms with Crippen LogP contribution in [0.4, 0.5) is 0 Å². The van der Waals surface area contributed by atoms with Crippen molar-refractivity contribution in [1.82, 2.24) is 4.90 Å². The van der Waals surface area contributed by atoms with Crippen LogP contribution in [0.5, 0.6) is 0 Å². The number of allylic oxidation sites excluding steroid dienone is 2. The van der Waals surface area contributed by atoms with Crippen LogP contribution in [0.15, 0.2) is 56.9 Å². The number of halogens is 3. The van der Waals surface area contributed by atoms with Gasteiger partial charge in [0.1, 0.15) is 0 Å². The topological polar surface area (TPSA) is 23.5 Å². The SMILES string of the molecule is CCC1=C(c2ccc(Br)s2)N(C2C=CC(C3C[I-]3)=CC2Cl)CC=C1CO. The summed E-state index contributed by atoms with van der Waals surface area (Å²) >= 11 is 12.6. The van der Waals surface area contributed by atoms with Gasteiger partial charge in [0.2, 0.25) is 0 Å². The van der Waals surface area contributed by atoms with Gasteiger partial charge in [-0.1, -0.05) is 0 Å². The molecular formula is C20H21BrClINOS-. The predicted molar refractivity (Wildman–Crippen MR) is 110 cm³/mol. The van der Waals surface area contributed by atoms with E-state index in [1.54, 1.807) is 11.3 Å². The first kappa shape index (κ1) is 19.2. The average molecular weight is 566 g/mol. The van der Waals surface area contributed by atoms with Gasteiger partial charge in [0.15, 0.2) is 0 Å². The summed E-state index contributed by atoms with van der Waals surface area (Å²) in [7, 11) is 0. The molecule has 2 nitrogen and oxygen atoms in total. The summed E-state index contributed by atoms with van der Waals surface area (Å²) in [6.45, 7) is 3.03. The Labute approximate surface area is 182 Å². The van der Waals surface area contributed by atoms with Gasteiger partial charge in [-0.25, -0.2) is 0 Å². The number of alkyl halides is 3. The second kappa shape index (κ2) is 8.11. The van der Waals surface area contributed by atoms with Gasteiger partial charge in [-0.2, -0.15) is 0 Å². The molecule has 6 heteroatoms. The molecule has 3 aliphatic rings. The summed E-state index contributed by atoms with van der Waals surface area (Å²) in [6.07, 6.45) is 9.93. The Kier molecular flexibility index (Phi) is 6.01. The second-order valence-electron chi connectivity index (χ2n) is 6.56. The molecule has 26 heavy (non-hydrogen) atoms. The molecule has 2 aliphatic heterocycles. The molecule has 1 fully saturated rings. The van der Waals surface area contributed by atoms with E-state index in [-0.39, 0.29) is 18.0 Å². The van der Waals surface area contributed by atoms with Gasteiger partial charge in [0.05, 0.1) is 0 Å². The van der Waals surface area contributed by atoms with Gasteiger partial charge in [-0.3, -0.25) is 0 Å². The Balaban J connectivity index is 1.72. The summed E-state index contributed by atoms with van der Waals surface area (Å²) in [4.78, 5) is 3.65. The van der Waals surface area contributed by atoms with Crippen molar-refractivity contribution in [3.8, 4) is 0 Å². The van der Waals surface area contributed by atoms with E-state index in [4.69, 9.17) is 11.6 Å². The minimum absolute atomic E-state index is 0.0137. The van der Waals surface area contributed by atoms with Gasteiger partial charge in [-0.15, -0.1) is 0 Å². The molecule has 0 bridgehead atoms. The number of thiophene rings is 1. The number of hydrogen-bond donors (Lipinski definition) is 1. The maximum absolute atomic E-state index is 9.84. The van der Waals surface area contributed by atoms with Gasteiger partial charge < -0.3 is 0 Å². The first-order chi connectivity index (χ1) is 12.6. The van der Waals surface area contributed by atoms with E-state index < -0.39 is 0 Å². The van der Waals surface area contributed by atoms with Crippen LogP contribution >= 0.6 is 38.9 Å². The quantitative estimate of drug-likeness (QED) is 0.435. The standard InChI is InChI=1S/C20H21BrClINOS/c1-2-14-13(11-25)7-8-24(20(14)18-5-6-19(21)26-18)17-4-3-12(9-15(17)22)16-10-23-16/h3-7,9,15-17,25H,2,8,10-11H2,1H3/q-1. The normalized spacial score (nSPS) is 28.6. The van der Waals surface area contributed by atoms with Crippen molar-refractivity contribution in [2.24, 2.45) is 0 Å². The number of hydrogen-bond acceptors (Lipinski definition) is 3. The molecule has 0 spiro atoms. The molecule has 3 atom stereocenters. The average Bonchev–Trinajstić information content (AvgIpc) is 3.41. The van der Waals surface area contributed by atoms with E-state index in [1.807, 2.05) is 0 Å². The Morgan fingerprint density at radius 3 is 2.81 bits per heavy atom. The molecule has 1 saturated heterocycles. The zero-order chi connectivity index (χ0) is 18.3. The molecule has 3 heterocycles. The third-order valence-electron chi connectivity index (χ3n) is 5.02. The van der Waals surface area contributed by atoms with E-state index in [2.05, 4.69) is 64.2 Å². The fourth-order valence-electron chi connectivity index (χ4n) is 3.67. The zero-order valence-electron chi connectivity index (χ0n) is 14.5. The molecule has 0 amide bonds. The second-order valence-corrected chi connectivity index (χ2v) is 12.8. The van der Waals surface area contributed by atoms with E-state index in [0.717, 1.165) is 26.2 Å². The van der Waals surface area contributed by atoms with Crippen LogP contribution in [0, 0.1) is 0 Å². The van der Waals surface area contributed by atoms with Crippen LogP contribution in [-0.2, 0) is 0 Å². The van der Waals surface area contributed by atoms with E-state index in [9.17, 15) is 5.11 Å². The van der Waals surface area contributed by atoms with E-state index in [1.165, 1.54) is 26.1 Å². The minimum atomic E-state index is -0.0137. The van der Waals surface area contributed by atoms with Crippen molar-refractivity contribution >= 4 is 44.6 Å². The zero-order valence-corrected chi connectivity index (χ0v) is 19.8. The molecule has 1 aliphatic carbocycles. The van der Waals surface area contributed by atoms with Crippen LogP contribution in [-0.4, -0.2) is 42.9 Å². The molecule has 1 N–H and O–H groups in total. The van der Waals surface area contributed by atoms with Gasteiger partial charge >= 0.3 is 184 Å². The Morgan fingerprint density at radius 1 is 1.42 bits per heavy atom. The summed E-state index contributed by atoms with van der Waals surface area (Å²) in [5.41, 5.74) is 4.96. The van der Waals surface area contributed by atoms with E-state index in [0.29, 0.717) is 21.2 Å². The third-order valence-corrected chi connectivity index (χ3v) is 9.51. The molecule has 0 saturated carbocycles. The molecule has 1 aromatic heterocycles. The molecular weight excluding hydrogens is 545 g/mol. The molecule has 4 rings (SSSR count). The molecule has 1 aromatic rings. The van der Waals surface area contributed by atoms with E-state index >= 15 is 0 Å². The summed E-state index contributed by atoms with van der Waals surface area (Å²) in [6, 6.07) is 4.41. The van der Waals surface area contributed by atoms with Crippen molar-refractivity contribution in [1.29, 1.82) is 0 Å². The van der Waals surface area contributed by atoms with Crippen molar-refractivity contribution in [2.45, 2.75) is 28.7 Å². The fourth-order valence-corrected chi connectivity index (χ4v) is 7.19. The van der Waals surface area contributed by atoms with Gasteiger partial charge in [0, 0.05) is 0 Å². The van der Waals surface area contributed by atoms with Gasteiger partial charge in [0.25, 0.3) is 0 Å². The van der Waals surface area contributed by atoms with Crippen LogP contribution in [0.3, 0.4) is 0 Å². The third kappa shape index (κ3) is 3.75. The van der Waals surface area contributed by atoms with Crippen LogP contribution < -0.4 is 21.2 Å². The molecule has 140 valence electrons. The number of aliphatic hydroxyl groups excluding tert-OH is 1. The fraction of sp³-hybridized carbons (Fsp3) is 0.400. The first-order valence-electron chi connectivity index (χ1n) is 8.79. The Hall–Kier alpha value is -0.0800. The summed E-state index contributed by atoms with van der Waals surface area (Å²) in [5, 5.41) is 9.83. The molecule has 0 aromatic carbocycles. The number of aliphatic hydroxyl groups is 1. The van der Waals surface area contributed by atoms with Crippen molar-refractivity contribution in [3.05, 3.63) is 61.8 Å². The Bertz CT molecular complexity index is 824. The Morgan fingerprint density at radius 2 is 2.23 bits per heavy atom. The summed E-state index contributed by atoms with van der Waals surface area (Å²) in [5.74, 6) is 0. The van der Waals surface area contributed by atoms with Crippen molar-refractivity contribution in [2.75, 3.05) is 17.6 Å². The molecule has 0 radical (unpaired) electrons. The van der Waals surface area contributed by atoms with Crippen LogP contribution in [0.25, 0.3) is 5.70 Å². The van der Waals surface area contributed by atoms with Crippen molar-refractivity contribution < 1.29 is 26.3 Å². The number of nitrogens with zero attached hydrogens (tertiary/aromatic N) is 1. The van der Waals surface area contributed by atoms with Crippen LogP contribution in [0.2, 0.25) is 0 Å².